The predicted molar refractivity (Wildman–Crippen MR) is 91.5 cm³/mol. The summed E-state index contributed by atoms with van der Waals surface area (Å²) in [7, 11) is -2.19. The topological polar surface area (TPSA) is 67.2 Å². The minimum absolute atomic E-state index is 0.0530. The lowest BCUT2D eigenvalue weighted by molar-refractivity contribution is 0.162. The highest BCUT2D eigenvalue weighted by Gasteiger charge is 2.72. The number of sulfone groups is 1. The largest absolute Gasteiger partial charge is 0.383 e. The molecule has 0 amide bonds. The first kappa shape index (κ1) is 17.0. The highest BCUT2D eigenvalue weighted by Crippen LogP contribution is 2.64. The van der Waals surface area contributed by atoms with E-state index in [1.165, 1.54) is 7.11 Å². The van der Waals surface area contributed by atoms with Crippen molar-refractivity contribution in [2.24, 2.45) is 5.41 Å². The molecule has 0 heterocycles. The molecule has 0 bridgehead atoms. The highest BCUT2D eigenvalue weighted by molar-refractivity contribution is 7.92. The van der Waals surface area contributed by atoms with Crippen molar-refractivity contribution in [3.63, 3.8) is 0 Å². The summed E-state index contributed by atoms with van der Waals surface area (Å²) in [6.45, 7) is 0.0530. The van der Waals surface area contributed by atoms with E-state index in [-0.39, 0.29) is 11.5 Å². The van der Waals surface area contributed by atoms with Crippen LogP contribution in [-0.2, 0) is 14.6 Å². The number of nitriles is 1. The van der Waals surface area contributed by atoms with Gasteiger partial charge in [-0.2, -0.15) is 5.26 Å². The van der Waals surface area contributed by atoms with E-state index in [1.807, 2.05) is 0 Å². The summed E-state index contributed by atoms with van der Waals surface area (Å²) in [6.07, 6.45) is 0. The molecule has 0 N–H and O–H groups in total. The van der Waals surface area contributed by atoms with Crippen LogP contribution in [0.1, 0.15) is 11.5 Å². The monoisotopic (exact) mass is 361 g/mol. The fraction of sp³-hybridized carbons (Fsp3) is 0.278. The molecule has 124 valence electrons. The van der Waals surface area contributed by atoms with Gasteiger partial charge in [0, 0.05) is 18.1 Å². The number of halogens is 1. The molecule has 1 saturated carbocycles. The fourth-order valence-corrected chi connectivity index (χ4v) is 5.90. The normalized spacial score (nSPS) is 25.9. The van der Waals surface area contributed by atoms with Gasteiger partial charge in [-0.25, -0.2) is 8.42 Å². The van der Waals surface area contributed by atoms with Gasteiger partial charge in [-0.1, -0.05) is 41.9 Å². The van der Waals surface area contributed by atoms with Crippen LogP contribution in [0.4, 0.5) is 0 Å². The Morgan fingerprint density at radius 2 is 1.92 bits per heavy atom. The molecule has 24 heavy (non-hydrogen) atoms. The molecule has 3 rings (SSSR count). The zero-order valence-electron chi connectivity index (χ0n) is 13.0. The summed E-state index contributed by atoms with van der Waals surface area (Å²) < 4.78 is 31.3. The van der Waals surface area contributed by atoms with E-state index < -0.39 is 26.4 Å². The second-order valence-corrected chi connectivity index (χ2v) is 8.40. The molecular formula is C18H16ClNO3S. The smallest absolute Gasteiger partial charge is 0.183 e. The minimum Gasteiger partial charge on any atom is -0.383 e. The molecule has 0 aliphatic heterocycles. The number of ether oxygens (including phenoxy) is 1. The van der Waals surface area contributed by atoms with Gasteiger partial charge >= 0.3 is 0 Å². The van der Waals surface area contributed by atoms with Crippen molar-refractivity contribution in [3.8, 4) is 6.07 Å². The minimum atomic E-state index is -3.66. The highest BCUT2D eigenvalue weighted by atomic mass is 35.5. The zero-order valence-corrected chi connectivity index (χ0v) is 14.6. The van der Waals surface area contributed by atoms with E-state index in [2.05, 4.69) is 6.07 Å². The molecule has 0 saturated heterocycles. The Kier molecular flexibility index (Phi) is 4.39. The number of nitrogens with zero attached hydrogens (tertiary/aromatic N) is 1. The Morgan fingerprint density at radius 1 is 1.21 bits per heavy atom. The van der Waals surface area contributed by atoms with Crippen LogP contribution in [0.25, 0.3) is 0 Å². The number of hydrogen-bond donors (Lipinski definition) is 0. The number of rotatable bonds is 5. The van der Waals surface area contributed by atoms with Crippen LogP contribution < -0.4 is 0 Å². The zero-order chi connectivity index (χ0) is 17.4. The molecule has 1 aliphatic carbocycles. The second kappa shape index (κ2) is 6.21. The lowest BCUT2D eigenvalue weighted by Gasteiger charge is -2.08. The van der Waals surface area contributed by atoms with Gasteiger partial charge in [-0.3, -0.25) is 0 Å². The summed E-state index contributed by atoms with van der Waals surface area (Å²) in [5.74, 6) is -0.466. The van der Waals surface area contributed by atoms with E-state index in [0.717, 1.165) is 5.56 Å². The molecule has 1 aliphatic rings. The molecule has 0 aromatic heterocycles. The van der Waals surface area contributed by atoms with Crippen LogP contribution in [0, 0.1) is 16.7 Å². The third-order valence-electron chi connectivity index (χ3n) is 4.46. The van der Waals surface area contributed by atoms with Crippen LogP contribution in [0.2, 0.25) is 5.02 Å². The fourth-order valence-electron chi connectivity index (χ4n) is 3.37. The van der Waals surface area contributed by atoms with Crippen molar-refractivity contribution in [1.29, 1.82) is 5.26 Å². The van der Waals surface area contributed by atoms with Gasteiger partial charge in [0.1, 0.15) is 5.41 Å². The van der Waals surface area contributed by atoms with Crippen LogP contribution in [0.15, 0.2) is 59.5 Å². The summed E-state index contributed by atoms with van der Waals surface area (Å²) >= 11 is 6.05. The van der Waals surface area contributed by atoms with Crippen molar-refractivity contribution < 1.29 is 13.2 Å². The van der Waals surface area contributed by atoms with Gasteiger partial charge in [0.15, 0.2) is 9.84 Å². The molecule has 2 aromatic carbocycles. The van der Waals surface area contributed by atoms with Gasteiger partial charge < -0.3 is 4.74 Å². The molecule has 2 aromatic rings. The van der Waals surface area contributed by atoms with Crippen molar-refractivity contribution in [3.05, 3.63) is 65.2 Å². The Morgan fingerprint density at radius 3 is 2.50 bits per heavy atom. The van der Waals surface area contributed by atoms with Crippen molar-refractivity contribution >= 4 is 21.4 Å². The van der Waals surface area contributed by atoms with Crippen LogP contribution in [0.3, 0.4) is 0 Å². The average Bonchev–Trinajstić information content (AvgIpc) is 3.26. The van der Waals surface area contributed by atoms with E-state index in [0.29, 0.717) is 5.02 Å². The predicted octanol–water partition coefficient (Wildman–Crippen LogP) is 3.44. The lowest BCUT2D eigenvalue weighted by Crippen LogP contribution is -2.19. The van der Waals surface area contributed by atoms with E-state index in [1.54, 1.807) is 54.6 Å². The first-order valence-corrected chi connectivity index (χ1v) is 9.34. The van der Waals surface area contributed by atoms with Crippen molar-refractivity contribution in [2.45, 2.75) is 16.1 Å². The maximum Gasteiger partial charge on any atom is 0.183 e. The van der Waals surface area contributed by atoms with Crippen LogP contribution in [-0.4, -0.2) is 27.4 Å². The molecule has 3 atom stereocenters. The number of hydrogen-bond acceptors (Lipinski definition) is 4. The van der Waals surface area contributed by atoms with E-state index in [9.17, 15) is 13.7 Å². The van der Waals surface area contributed by atoms with Gasteiger partial charge in [0.2, 0.25) is 0 Å². The van der Waals surface area contributed by atoms with E-state index >= 15 is 0 Å². The molecule has 0 spiro atoms. The maximum atomic E-state index is 13.1. The van der Waals surface area contributed by atoms with Crippen LogP contribution in [0.5, 0.6) is 0 Å². The number of methoxy groups -OCH3 is 1. The summed E-state index contributed by atoms with van der Waals surface area (Å²) in [6, 6.07) is 17.4. The number of benzene rings is 2. The van der Waals surface area contributed by atoms with Crippen molar-refractivity contribution in [2.75, 3.05) is 13.7 Å². The Balaban J connectivity index is 2.10. The molecular weight excluding hydrogens is 346 g/mol. The lowest BCUT2D eigenvalue weighted by atomic mass is 10.0. The molecule has 1 fully saturated rings. The molecule has 0 radical (unpaired) electrons. The summed E-state index contributed by atoms with van der Waals surface area (Å²) in [5, 5.41) is 9.40. The second-order valence-electron chi connectivity index (χ2n) is 5.90. The third-order valence-corrected chi connectivity index (χ3v) is 6.99. The first-order chi connectivity index (χ1) is 11.5. The summed E-state index contributed by atoms with van der Waals surface area (Å²) in [5.41, 5.74) is -0.362. The standard InChI is InChI=1S/C18H16ClNO3S/c1-23-12-18(11-20)16(13-6-5-7-14(19)10-13)17(18)24(21,22)15-8-3-2-4-9-15/h2-10,16-17H,12H2,1H3/t16-,17-,18+/m0/s1. The van der Waals surface area contributed by atoms with Crippen molar-refractivity contribution in [1.82, 2.24) is 0 Å². The molecule has 0 unspecified atom stereocenters. The SMILES string of the molecule is COC[C@]1(C#N)[C@@H](c2cccc(Cl)c2)[C@@H]1S(=O)(=O)c1ccccc1. The average molecular weight is 362 g/mol. The summed E-state index contributed by atoms with van der Waals surface area (Å²) in [4.78, 5) is 0.218. The maximum absolute atomic E-state index is 13.1. The third kappa shape index (κ3) is 2.61. The van der Waals surface area contributed by atoms with E-state index in [4.69, 9.17) is 16.3 Å². The van der Waals surface area contributed by atoms with Gasteiger partial charge in [0.05, 0.1) is 22.8 Å². The Bertz CT molecular complexity index is 892. The quantitative estimate of drug-likeness (QED) is 0.818. The Hall–Kier alpha value is -1.87. The van der Waals surface area contributed by atoms with Crippen LogP contribution >= 0.6 is 11.6 Å². The molecule has 6 heteroatoms. The van der Waals surface area contributed by atoms with Gasteiger partial charge in [0.25, 0.3) is 0 Å². The van der Waals surface area contributed by atoms with Gasteiger partial charge in [-0.05, 0) is 29.8 Å². The van der Waals surface area contributed by atoms with Gasteiger partial charge in [-0.15, -0.1) is 0 Å². The Labute approximate surface area is 146 Å². The first-order valence-electron chi connectivity index (χ1n) is 7.42. The molecule has 4 nitrogen and oxygen atoms in total.